The number of nitrogens with zero attached hydrogens (tertiary/aromatic N) is 3. The number of benzene rings is 2. The molecule has 0 amide bonds. The van der Waals surface area contributed by atoms with E-state index in [-0.39, 0.29) is 5.69 Å². The van der Waals surface area contributed by atoms with E-state index < -0.39 is 86.1 Å². The van der Waals surface area contributed by atoms with Crippen LogP contribution in [-0.2, 0) is 24.7 Å². The van der Waals surface area contributed by atoms with E-state index in [2.05, 4.69) is 15.0 Å². The third-order valence-corrected chi connectivity index (χ3v) is 6.54. The number of pyridine rings is 3. The lowest BCUT2D eigenvalue weighted by Crippen LogP contribution is -2.17. The van der Waals surface area contributed by atoms with Crippen molar-refractivity contribution in [1.82, 2.24) is 15.0 Å². The first-order chi connectivity index (χ1) is 19.9. The maximum Gasteiger partial charge on any atom is 0.433 e. The summed E-state index contributed by atoms with van der Waals surface area (Å²) < 4.78 is 167. The van der Waals surface area contributed by atoms with Crippen molar-refractivity contribution in [2.45, 2.75) is 30.6 Å². The predicted octanol–water partition coefficient (Wildman–Crippen LogP) is 9.43. The number of hydrogen-bond acceptors (Lipinski definition) is 3. The molecule has 0 unspecified atom stereocenters. The number of fused-ring (bicyclic) bond motifs is 2. The molecule has 2 aromatic carbocycles. The van der Waals surface area contributed by atoms with Crippen LogP contribution in [-0.4, -0.2) is 15.0 Å². The molecule has 15 heteroatoms. The van der Waals surface area contributed by atoms with Gasteiger partial charge in [-0.25, -0.2) is 9.97 Å². The Morgan fingerprint density at radius 1 is 0.488 bits per heavy atom. The van der Waals surface area contributed by atoms with Crippen molar-refractivity contribution in [2.75, 3.05) is 0 Å². The summed E-state index contributed by atoms with van der Waals surface area (Å²) in [6, 6.07) is 9.20. The van der Waals surface area contributed by atoms with E-state index in [0.29, 0.717) is 24.3 Å². The van der Waals surface area contributed by atoms with E-state index in [1.165, 1.54) is 18.2 Å². The summed E-state index contributed by atoms with van der Waals surface area (Å²) >= 11 is 0. The van der Waals surface area contributed by atoms with Crippen molar-refractivity contribution in [2.24, 2.45) is 0 Å². The quantitative estimate of drug-likeness (QED) is 0.189. The zero-order valence-electron chi connectivity index (χ0n) is 20.9. The molecule has 0 saturated carbocycles. The monoisotopic (exact) mass is 619 g/mol. The summed E-state index contributed by atoms with van der Waals surface area (Å²) in [5.74, 6) is -1.84. The number of rotatable bonds is 3. The highest BCUT2D eigenvalue weighted by molar-refractivity contribution is 5.91. The fraction of sp³-hybridized carbons (Fsp3) is 0.179. The van der Waals surface area contributed by atoms with Crippen LogP contribution in [0.1, 0.15) is 45.3 Å². The van der Waals surface area contributed by atoms with E-state index in [1.807, 2.05) is 0 Å². The molecule has 3 heterocycles. The molecule has 0 N–H and O–H groups in total. The summed E-state index contributed by atoms with van der Waals surface area (Å²) in [5, 5.41) is -1.08. The Kier molecular flexibility index (Phi) is 7.05. The summed E-state index contributed by atoms with van der Waals surface area (Å²) in [7, 11) is 0. The van der Waals surface area contributed by atoms with Crippen molar-refractivity contribution in [3.63, 3.8) is 0 Å². The summed E-state index contributed by atoms with van der Waals surface area (Å²) in [6.07, 6.45) is -19.9. The van der Waals surface area contributed by atoms with Gasteiger partial charge in [0.15, 0.2) is 0 Å². The Balaban J connectivity index is 2.00. The second kappa shape index (κ2) is 10.1. The molecule has 3 nitrogen and oxygen atoms in total. The van der Waals surface area contributed by atoms with Crippen LogP contribution < -0.4 is 0 Å². The highest BCUT2D eigenvalue weighted by atomic mass is 19.4. The highest BCUT2D eigenvalue weighted by Crippen LogP contribution is 2.46. The van der Waals surface area contributed by atoms with Crippen molar-refractivity contribution in [3.8, 4) is 0 Å². The first kappa shape index (κ1) is 30.0. The number of alkyl halides is 12. The zero-order chi connectivity index (χ0) is 31.5. The Labute approximate surface area is 232 Å². The molecule has 0 spiro atoms. The Morgan fingerprint density at radius 2 is 0.930 bits per heavy atom. The van der Waals surface area contributed by atoms with Crippen molar-refractivity contribution in [1.29, 1.82) is 0 Å². The Morgan fingerprint density at radius 3 is 1.28 bits per heavy atom. The van der Waals surface area contributed by atoms with Crippen LogP contribution in [0.15, 0.2) is 72.9 Å². The topological polar surface area (TPSA) is 38.7 Å². The standard InChI is InChI=1S/C28H13F12N3/c29-25(30,31)17-7-3-5-13-15(11-20(27(35,36)37)42-23(13)17)22(19-9-1-2-10-41-19)16-12-21(28(38,39)40)43-24-14(16)6-4-8-18(24)26(32,33)34/h1-12,22H. The molecule has 3 aromatic heterocycles. The Bertz CT molecular complexity index is 1710. The number of aromatic nitrogens is 3. The van der Waals surface area contributed by atoms with Gasteiger partial charge in [0.25, 0.3) is 0 Å². The summed E-state index contributed by atoms with van der Waals surface area (Å²) in [5.41, 5.74) is -10.6. The van der Waals surface area contributed by atoms with Crippen LogP contribution in [0.4, 0.5) is 52.7 Å². The Hall–Kier alpha value is -4.43. The normalized spacial score (nSPS) is 13.3. The fourth-order valence-corrected chi connectivity index (χ4v) is 4.81. The molecule has 0 aliphatic heterocycles. The fourth-order valence-electron chi connectivity index (χ4n) is 4.81. The van der Waals surface area contributed by atoms with Crippen LogP contribution in [0.3, 0.4) is 0 Å². The SMILES string of the molecule is FC(F)(F)c1cc(C(c2ccccn2)c2cc(C(F)(F)F)nc3c(C(F)(F)F)cccc23)c2cccc(C(F)(F)F)c2n1. The van der Waals surface area contributed by atoms with Gasteiger partial charge in [0.1, 0.15) is 11.4 Å². The van der Waals surface area contributed by atoms with Gasteiger partial charge in [0.2, 0.25) is 0 Å². The molecule has 43 heavy (non-hydrogen) atoms. The van der Waals surface area contributed by atoms with E-state index in [0.717, 1.165) is 30.5 Å². The van der Waals surface area contributed by atoms with Crippen molar-refractivity contribution >= 4 is 21.8 Å². The van der Waals surface area contributed by atoms with E-state index in [1.54, 1.807) is 0 Å². The van der Waals surface area contributed by atoms with Gasteiger partial charge >= 0.3 is 24.7 Å². The van der Waals surface area contributed by atoms with E-state index in [4.69, 9.17) is 0 Å². The minimum atomic E-state index is -5.32. The highest BCUT2D eigenvalue weighted by Gasteiger charge is 2.41. The molecule has 0 saturated heterocycles. The molecular weight excluding hydrogens is 606 g/mol. The van der Waals surface area contributed by atoms with Crippen molar-refractivity contribution < 1.29 is 52.7 Å². The van der Waals surface area contributed by atoms with Gasteiger partial charge in [-0.1, -0.05) is 30.3 Å². The van der Waals surface area contributed by atoms with Crippen molar-refractivity contribution in [3.05, 3.63) is 112 Å². The van der Waals surface area contributed by atoms with Gasteiger partial charge < -0.3 is 0 Å². The second-order valence-electron chi connectivity index (χ2n) is 9.28. The molecule has 5 aromatic rings. The van der Waals surface area contributed by atoms with Crippen LogP contribution in [0, 0.1) is 0 Å². The summed E-state index contributed by atoms with van der Waals surface area (Å²) in [4.78, 5) is 10.4. The van der Waals surface area contributed by atoms with E-state index in [9.17, 15) is 52.7 Å². The minimum Gasteiger partial charge on any atom is -0.260 e. The molecule has 0 fully saturated rings. The number of hydrogen-bond donors (Lipinski definition) is 0. The third kappa shape index (κ3) is 5.67. The molecule has 0 radical (unpaired) electrons. The first-order valence-corrected chi connectivity index (χ1v) is 11.9. The largest absolute Gasteiger partial charge is 0.433 e. The van der Waals surface area contributed by atoms with Crippen LogP contribution in [0.2, 0.25) is 0 Å². The number of para-hydroxylation sites is 2. The maximum atomic E-state index is 14.0. The third-order valence-electron chi connectivity index (χ3n) is 6.54. The average molecular weight is 619 g/mol. The van der Waals surface area contributed by atoms with Gasteiger partial charge in [-0.05, 0) is 47.5 Å². The average Bonchev–Trinajstić information content (AvgIpc) is 2.90. The van der Waals surface area contributed by atoms with Gasteiger partial charge in [-0.2, -0.15) is 52.7 Å². The number of halogens is 12. The lowest BCUT2D eigenvalue weighted by atomic mass is 9.83. The van der Waals surface area contributed by atoms with Crippen LogP contribution >= 0.6 is 0 Å². The van der Waals surface area contributed by atoms with Gasteiger partial charge in [-0.15, -0.1) is 0 Å². The molecule has 0 bridgehead atoms. The smallest absolute Gasteiger partial charge is 0.260 e. The molecule has 5 rings (SSSR count). The molecule has 0 aliphatic rings. The van der Waals surface area contributed by atoms with E-state index >= 15 is 0 Å². The maximum absolute atomic E-state index is 14.0. The van der Waals surface area contributed by atoms with Crippen LogP contribution in [0.5, 0.6) is 0 Å². The van der Waals surface area contributed by atoms with Crippen LogP contribution in [0.25, 0.3) is 21.8 Å². The summed E-state index contributed by atoms with van der Waals surface area (Å²) in [6.45, 7) is 0. The minimum absolute atomic E-state index is 0.265. The lowest BCUT2D eigenvalue weighted by molar-refractivity contribution is -0.142. The zero-order valence-corrected chi connectivity index (χ0v) is 20.9. The molecule has 0 aliphatic carbocycles. The lowest BCUT2D eigenvalue weighted by Gasteiger charge is -2.24. The van der Waals surface area contributed by atoms with Gasteiger partial charge in [0.05, 0.1) is 33.8 Å². The van der Waals surface area contributed by atoms with Gasteiger partial charge in [-0.3, -0.25) is 4.98 Å². The second-order valence-corrected chi connectivity index (χ2v) is 9.28. The molecular formula is C28H13F12N3. The predicted molar refractivity (Wildman–Crippen MR) is 129 cm³/mol. The first-order valence-electron chi connectivity index (χ1n) is 11.9. The van der Waals surface area contributed by atoms with Gasteiger partial charge in [0, 0.05) is 17.0 Å². The molecule has 224 valence electrons. The molecule has 0 atom stereocenters.